The molecule has 0 aliphatic carbocycles. The minimum Gasteiger partial charge on any atom is -0.317 e. The van der Waals surface area contributed by atoms with Gasteiger partial charge in [-0.3, -0.25) is 0 Å². The van der Waals surface area contributed by atoms with E-state index in [1.54, 1.807) is 0 Å². The van der Waals surface area contributed by atoms with Gasteiger partial charge in [0.1, 0.15) is 0 Å². The molecule has 0 unspecified atom stereocenters. The van der Waals surface area contributed by atoms with Gasteiger partial charge in [0, 0.05) is 0 Å². The first-order valence-corrected chi connectivity index (χ1v) is 5.60. The second-order valence-corrected chi connectivity index (χ2v) is 3.85. The molecule has 0 aliphatic rings. The van der Waals surface area contributed by atoms with Crippen LogP contribution in [-0.4, -0.2) is 13.1 Å². The topological polar surface area (TPSA) is 12.0 Å². The van der Waals surface area contributed by atoms with Crippen LogP contribution in [-0.2, 0) is 0 Å². The lowest BCUT2D eigenvalue weighted by Gasteiger charge is -2.11. The van der Waals surface area contributed by atoms with E-state index in [9.17, 15) is 0 Å². The largest absolute Gasteiger partial charge is 0.317 e. The lowest BCUT2D eigenvalue weighted by atomic mass is 9.98. The van der Waals surface area contributed by atoms with Gasteiger partial charge in [-0.25, -0.2) is 0 Å². The van der Waals surface area contributed by atoms with Crippen molar-refractivity contribution in [2.75, 3.05) is 13.1 Å². The SMILES string of the molecule is CCCNCC[C@@H](C)c1ccccc1. The molecule has 1 atom stereocenters. The molecule has 1 nitrogen and oxygen atoms in total. The summed E-state index contributed by atoms with van der Waals surface area (Å²) in [6.07, 6.45) is 2.45. The molecule has 0 heterocycles. The van der Waals surface area contributed by atoms with E-state index in [-0.39, 0.29) is 0 Å². The Bertz CT molecular complexity index is 230. The Morgan fingerprint density at radius 2 is 1.86 bits per heavy atom. The summed E-state index contributed by atoms with van der Waals surface area (Å²) in [7, 11) is 0. The summed E-state index contributed by atoms with van der Waals surface area (Å²) < 4.78 is 0. The third-order valence-electron chi connectivity index (χ3n) is 2.55. The second kappa shape index (κ2) is 6.61. The van der Waals surface area contributed by atoms with Crippen molar-refractivity contribution in [2.45, 2.75) is 32.6 Å². The van der Waals surface area contributed by atoms with Gasteiger partial charge < -0.3 is 5.32 Å². The number of hydrogen-bond acceptors (Lipinski definition) is 1. The Balaban J connectivity index is 2.25. The van der Waals surface area contributed by atoms with E-state index in [1.165, 1.54) is 18.4 Å². The van der Waals surface area contributed by atoms with Crippen molar-refractivity contribution in [1.29, 1.82) is 0 Å². The quantitative estimate of drug-likeness (QED) is 0.681. The maximum atomic E-state index is 3.44. The molecule has 0 spiro atoms. The van der Waals surface area contributed by atoms with E-state index in [0.717, 1.165) is 13.1 Å². The van der Waals surface area contributed by atoms with Gasteiger partial charge in [0.05, 0.1) is 0 Å². The van der Waals surface area contributed by atoms with Gasteiger partial charge in [0.15, 0.2) is 0 Å². The summed E-state index contributed by atoms with van der Waals surface area (Å²) in [4.78, 5) is 0. The molecule has 0 saturated heterocycles. The maximum Gasteiger partial charge on any atom is -0.00432 e. The van der Waals surface area contributed by atoms with Crippen molar-refractivity contribution in [1.82, 2.24) is 5.32 Å². The first-order valence-electron chi connectivity index (χ1n) is 5.60. The Kier molecular flexibility index (Phi) is 5.31. The molecular weight excluding hydrogens is 170 g/mol. The van der Waals surface area contributed by atoms with Crippen molar-refractivity contribution < 1.29 is 0 Å². The Morgan fingerprint density at radius 3 is 2.50 bits per heavy atom. The Morgan fingerprint density at radius 1 is 1.14 bits per heavy atom. The second-order valence-electron chi connectivity index (χ2n) is 3.85. The molecule has 0 saturated carbocycles. The third kappa shape index (κ3) is 3.93. The van der Waals surface area contributed by atoms with Crippen LogP contribution in [0.25, 0.3) is 0 Å². The maximum absolute atomic E-state index is 3.44. The zero-order chi connectivity index (χ0) is 10.2. The number of rotatable bonds is 6. The average Bonchev–Trinajstić information content (AvgIpc) is 2.25. The zero-order valence-electron chi connectivity index (χ0n) is 9.29. The summed E-state index contributed by atoms with van der Waals surface area (Å²) >= 11 is 0. The van der Waals surface area contributed by atoms with Gasteiger partial charge in [-0.2, -0.15) is 0 Å². The lowest BCUT2D eigenvalue weighted by Crippen LogP contribution is -2.17. The molecule has 0 radical (unpaired) electrons. The van der Waals surface area contributed by atoms with Gasteiger partial charge in [-0.15, -0.1) is 0 Å². The fourth-order valence-electron chi connectivity index (χ4n) is 1.57. The highest BCUT2D eigenvalue weighted by Gasteiger charge is 2.03. The van der Waals surface area contributed by atoms with Crippen LogP contribution in [0.2, 0.25) is 0 Å². The molecule has 0 bridgehead atoms. The lowest BCUT2D eigenvalue weighted by molar-refractivity contribution is 0.591. The van der Waals surface area contributed by atoms with Gasteiger partial charge in [0.25, 0.3) is 0 Å². The molecule has 78 valence electrons. The highest BCUT2D eigenvalue weighted by Crippen LogP contribution is 2.17. The Hall–Kier alpha value is -0.820. The predicted molar refractivity (Wildman–Crippen MR) is 62.6 cm³/mol. The van der Waals surface area contributed by atoms with Gasteiger partial charge >= 0.3 is 0 Å². The van der Waals surface area contributed by atoms with E-state index < -0.39 is 0 Å². The van der Waals surface area contributed by atoms with Crippen LogP contribution >= 0.6 is 0 Å². The molecule has 1 aromatic rings. The number of nitrogens with one attached hydrogen (secondary N) is 1. The normalized spacial score (nSPS) is 12.7. The first-order chi connectivity index (χ1) is 6.84. The highest BCUT2D eigenvalue weighted by molar-refractivity contribution is 5.18. The van der Waals surface area contributed by atoms with Gasteiger partial charge in [-0.1, -0.05) is 44.2 Å². The fraction of sp³-hybridized carbons (Fsp3) is 0.538. The smallest absolute Gasteiger partial charge is 0.00432 e. The van der Waals surface area contributed by atoms with Crippen LogP contribution in [0.3, 0.4) is 0 Å². The molecule has 1 rings (SSSR count). The molecule has 1 heteroatoms. The van der Waals surface area contributed by atoms with E-state index in [2.05, 4.69) is 49.5 Å². The summed E-state index contributed by atoms with van der Waals surface area (Å²) in [5.74, 6) is 0.667. The van der Waals surface area contributed by atoms with Crippen molar-refractivity contribution >= 4 is 0 Å². The summed E-state index contributed by atoms with van der Waals surface area (Å²) in [5, 5.41) is 3.44. The van der Waals surface area contributed by atoms with Crippen molar-refractivity contribution in [3.63, 3.8) is 0 Å². The van der Waals surface area contributed by atoms with Crippen LogP contribution < -0.4 is 5.32 Å². The van der Waals surface area contributed by atoms with Crippen LogP contribution in [0, 0.1) is 0 Å². The minimum absolute atomic E-state index is 0.667. The zero-order valence-corrected chi connectivity index (χ0v) is 9.29. The van der Waals surface area contributed by atoms with Crippen LogP contribution in [0.1, 0.15) is 38.2 Å². The third-order valence-corrected chi connectivity index (χ3v) is 2.55. The number of hydrogen-bond donors (Lipinski definition) is 1. The summed E-state index contributed by atoms with van der Waals surface area (Å²) in [6.45, 7) is 6.77. The highest BCUT2D eigenvalue weighted by atomic mass is 14.8. The Labute approximate surface area is 87.5 Å². The molecule has 0 aromatic heterocycles. The fourth-order valence-corrected chi connectivity index (χ4v) is 1.57. The van der Waals surface area contributed by atoms with Gasteiger partial charge in [0.2, 0.25) is 0 Å². The molecule has 0 amide bonds. The van der Waals surface area contributed by atoms with Crippen LogP contribution in [0.15, 0.2) is 30.3 Å². The van der Waals surface area contributed by atoms with Crippen molar-refractivity contribution in [3.05, 3.63) is 35.9 Å². The minimum atomic E-state index is 0.667. The van der Waals surface area contributed by atoms with Crippen molar-refractivity contribution in [2.24, 2.45) is 0 Å². The molecule has 1 N–H and O–H groups in total. The van der Waals surface area contributed by atoms with Crippen LogP contribution in [0.4, 0.5) is 0 Å². The molecule has 0 fully saturated rings. The monoisotopic (exact) mass is 191 g/mol. The van der Waals surface area contributed by atoms with Crippen LogP contribution in [0.5, 0.6) is 0 Å². The van der Waals surface area contributed by atoms with Gasteiger partial charge in [-0.05, 0) is 37.4 Å². The van der Waals surface area contributed by atoms with E-state index in [4.69, 9.17) is 0 Å². The molecule has 0 aliphatic heterocycles. The summed E-state index contributed by atoms with van der Waals surface area (Å²) in [5.41, 5.74) is 1.45. The average molecular weight is 191 g/mol. The van der Waals surface area contributed by atoms with E-state index in [0.29, 0.717) is 5.92 Å². The molecule has 14 heavy (non-hydrogen) atoms. The first kappa shape index (κ1) is 11.3. The van der Waals surface area contributed by atoms with E-state index >= 15 is 0 Å². The number of benzene rings is 1. The van der Waals surface area contributed by atoms with E-state index in [1.807, 2.05) is 0 Å². The predicted octanol–water partition coefficient (Wildman–Crippen LogP) is 3.18. The standard InChI is InChI=1S/C13H21N/c1-3-10-14-11-9-12(2)13-7-5-4-6-8-13/h4-8,12,14H,3,9-11H2,1-2H3/t12-/m1/s1. The molecular formula is C13H21N. The summed E-state index contributed by atoms with van der Waals surface area (Å²) in [6, 6.07) is 10.7. The van der Waals surface area contributed by atoms with Crippen molar-refractivity contribution in [3.8, 4) is 0 Å². The molecule has 1 aromatic carbocycles.